The minimum Gasteiger partial charge on any atom is -0.378 e. The standard InChI is InChI=1S/C36H32N2/c1-37(2)27-12-10-11-25(21-27)23-38(3)24-26-19-20-35-31(22-26)30-15-6-9-18-34(30)36(35)32-16-7-4-13-28(32)29-14-5-8-17-33(29)36/h4-22H,23-24H2,1-3H3. The van der Waals surface area contributed by atoms with Gasteiger partial charge in [-0.3, -0.25) is 4.90 Å². The average molecular weight is 493 g/mol. The fraction of sp³-hybridized carbons (Fsp3) is 0.167. The quantitative estimate of drug-likeness (QED) is 0.243. The van der Waals surface area contributed by atoms with Crippen LogP contribution in [0, 0.1) is 0 Å². The number of anilines is 1. The molecule has 0 atom stereocenters. The van der Waals surface area contributed by atoms with E-state index in [1.807, 2.05) is 0 Å². The van der Waals surface area contributed by atoms with Gasteiger partial charge in [-0.15, -0.1) is 0 Å². The molecule has 0 aliphatic heterocycles. The largest absolute Gasteiger partial charge is 0.378 e. The van der Waals surface area contributed by atoms with Crippen molar-refractivity contribution >= 4 is 5.69 Å². The van der Waals surface area contributed by atoms with Crippen LogP contribution in [0.5, 0.6) is 0 Å². The first kappa shape index (κ1) is 23.0. The lowest BCUT2D eigenvalue weighted by molar-refractivity contribution is 0.319. The van der Waals surface area contributed by atoms with E-state index in [1.54, 1.807) is 0 Å². The Labute approximate surface area is 225 Å². The topological polar surface area (TPSA) is 6.48 Å². The van der Waals surface area contributed by atoms with Crippen molar-refractivity contribution in [1.29, 1.82) is 0 Å². The predicted molar refractivity (Wildman–Crippen MR) is 159 cm³/mol. The highest BCUT2D eigenvalue weighted by atomic mass is 15.1. The van der Waals surface area contributed by atoms with Crippen molar-refractivity contribution in [2.45, 2.75) is 18.5 Å². The molecule has 0 saturated heterocycles. The number of nitrogens with zero attached hydrogens (tertiary/aromatic N) is 2. The molecule has 0 unspecified atom stereocenters. The fourth-order valence-corrected chi connectivity index (χ4v) is 6.86. The number of rotatable bonds is 5. The van der Waals surface area contributed by atoms with Crippen molar-refractivity contribution in [3.05, 3.63) is 149 Å². The second kappa shape index (κ2) is 8.72. The van der Waals surface area contributed by atoms with Crippen LogP contribution in [0.25, 0.3) is 22.3 Å². The summed E-state index contributed by atoms with van der Waals surface area (Å²) in [6.07, 6.45) is 0. The molecule has 186 valence electrons. The number of hydrogen-bond acceptors (Lipinski definition) is 2. The van der Waals surface area contributed by atoms with Crippen molar-refractivity contribution in [2.75, 3.05) is 26.0 Å². The highest BCUT2D eigenvalue weighted by Gasteiger charge is 2.51. The molecule has 0 heterocycles. The predicted octanol–water partition coefficient (Wildman–Crippen LogP) is 7.73. The summed E-state index contributed by atoms with van der Waals surface area (Å²) in [5.74, 6) is 0. The first-order valence-corrected chi connectivity index (χ1v) is 13.4. The van der Waals surface area contributed by atoms with Gasteiger partial charge in [0, 0.05) is 32.9 Å². The van der Waals surface area contributed by atoms with E-state index in [0.29, 0.717) is 0 Å². The normalized spacial score (nSPS) is 13.8. The Hall–Kier alpha value is -4.14. The minimum atomic E-state index is -0.254. The van der Waals surface area contributed by atoms with Gasteiger partial charge in [-0.05, 0) is 80.9 Å². The smallest absolute Gasteiger partial charge is 0.0725 e. The van der Waals surface area contributed by atoms with Crippen molar-refractivity contribution in [1.82, 2.24) is 4.90 Å². The molecule has 0 bridgehead atoms. The lowest BCUT2D eigenvalue weighted by Crippen LogP contribution is -2.25. The lowest BCUT2D eigenvalue weighted by Gasteiger charge is -2.30. The highest BCUT2D eigenvalue weighted by Crippen LogP contribution is 2.62. The summed E-state index contributed by atoms with van der Waals surface area (Å²) >= 11 is 0. The molecule has 2 aliphatic carbocycles. The molecule has 0 aromatic heterocycles. The van der Waals surface area contributed by atoms with Crippen molar-refractivity contribution in [3.63, 3.8) is 0 Å². The van der Waals surface area contributed by atoms with E-state index >= 15 is 0 Å². The molecule has 0 N–H and O–H groups in total. The highest BCUT2D eigenvalue weighted by molar-refractivity contribution is 5.94. The molecule has 5 aromatic carbocycles. The van der Waals surface area contributed by atoms with Crippen LogP contribution in [-0.2, 0) is 18.5 Å². The summed E-state index contributed by atoms with van der Waals surface area (Å²) in [6, 6.07) is 43.1. The van der Waals surface area contributed by atoms with Gasteiger partial charge in [0.1, 0.15) is 0 Å². The molecular formula is C36H32N2. The second-order valence-corrected chi connectivity index (χ2v) is 11.0. The Bertz CT molecular complexity index is 1630. The zero-order valence-electron chi connectivity index (χ0n) is 22.3. The molecular weight excluding hydrogens is 460 g/mol. The Morgan fingerprint density at radius 3 is 1.55 bits per heavy atom. The monoisotopic (exact) mass is 492 g/mol. The van der Waals surface area contributed by atoms with Gasteiger partial charge in [-0.1, -0.05) is 97.1 Å². The third-order valence-electron chi connectivity index (χ3n) is 8.39. The van der Waals surface area contributed by atoms with E-state index in [0.717, 1.165) is 13.1 Å². The van der Waals surface area contributed by atoms with Crippen molar-refractivity contribution < 1.29 is 0 Å². The maximum atomic E-state index is 2.44. The maximum Gasteiger partial charge on any atom is 0.0725 e. The molecule has 0 saturated carbocycles. The summed E-state index contributed by atoms with van der Waals surface area (Å²) in [7, 11) is 6.41. The summed E-state index contributed by atoms with van der Waals surface area (Å²) in [6.45, 7) is 1.82. The molecule has 0 amide bonds. The summed E-state index contributed by atoms with van der Waals surface area (Å²) in [5, 5.41) is 0. The maximum absolute atomic E-state index is 2.44. The van der Waals surface area contributed by atoms with Gasteiger partial charge in [0.15, 0.2) is 0 Å². The van der Waals surface area contributed by atoms with Gasteiger partial charge in [0.2, 0.25) is 0 Å². The zero-order chi connectivity index (χ0) is 25.9. The Kier molecular flexibility index (Phi) is 5.28. The molecule has 0 radical (unpaired) electrons. The molecule has 7 rings (SSSR count). The number of benzene rings is 5. The third-order valence-corrected chi connectivity index (χ3v) is 8.39. The van der Waals surface area contributed by atoms with Gasteiger partial charge < -0.3 is 4.90 Å². The third kappa shape index (κ3) is 3.30. The van der Waals surface area contributed by atoms with E-state index in [4.69, 9.17) is 0 Å². The van der Waals surface area contributed by atoms with Crippen molar-refractivity contribution in [3.8, 4) is 22.3 Å². The van der Waals surface area contributed by atoms with Crippen LogP contribution in [0.15, 0.2) is 115 Å². The van der Waals surface area contributed by atoms with E-state index in [1.165, 1.54) is 61.3 Å². The van der Waals surface area contributed by atoms with Crippen LogP contribution in [0.2, 0.25) is 0 Å². The Balaban J connectivity index is 1.31. The minimum absolute atomic E-state index is 0.254. The van der Waals surface area contributed by atoms with E-state index in [9.17, 15) is 0 Å². The van der Waals surface area contributed by atoms with E-state index in [2.05, 4.69) is 146 Å². The van der Waals surface area contributed by atoms with E-state index < -0.39 is 0 Å². The number of fused-ring (bicyclic) bond motifs is 10. The van der Waals surface area contributed by atoms with Gasteiger partial charge in [-0.2, -0.15) is 0 Å². The summed E-state index contributed by atoms with van der Waals surface area (Å²) in [5.41, 5.74) is 14.7. The van der Waals surface area contributed by atoms with Gasteiger partial charge >= 0.3 is 0 Å². The van der Waals surface area contributed by atoms with Crippen LogP contribution in [0.3, 0.4) is 0 Å². The molecule has 38 heavy (non-hydrogen) atoms. The number of hydrogen-bond donors (Lipinski definition) is 0. The second-order valence-electron chi connectivity index (χ2n) is 11.0. The Morgan fingerprint density at radius 1 is 0.474 bits per heavy atom. The Morgan fingerprint density at radius 2 is 0.974 bits per heavy atom. The van der Waals surface area contributed by atoms with Crippen LogP contribution in [-0.4, -0.2) is 26.0 Å². The zero-order valence-corrected chi connectivity index (χ0v) is 22.3. The van der Waals surface area contributed by atoms with Crippen LogP contribution >= 0.6 is 0 Å². The molecule has 0 fully saturated rings. The fourth-order valence-electron chi connectivity index (χ4n) is 6.86. The summed E-state index contributed by atoms with van der Waals surface area (Å²) in [4.78, 5) is 4.57. The first-order chi connectivity index (χ1) is 18.6. The summed E-state index contributed by atoms with van der Waals surface area (Å²) < 4.78 is 0. The van der Waals surface area contributed by atoms with Crippen LogP contribution in [0.4, 0.5) is 5.69 Å². The van der Waals surface area contributed by atoms with Crippen LogP contribution in [0.1, 0.15) is 33.4 Å². The average Bonchev–Trinajstić information content (AvgIpc) is 3.40. The van der Waals surface area contributed by atoms with Gasteiger partial charge in [-0.25, -0.2) is 0 Å². The van der Waals surface area contributed by atoms with Crippen LogP contribution < -0.4 is 4.90 Å². The molecule has 2 aliphatic rings. The van der Waals surface area contributed by atoms with Crippen molar-refractivity contribution in [2.24, 2.45) is 0 Å². The molecule has 1 spiro atoms. The molecule has 2 heteroatoms. The van der Waals surface area contributed by atoms with Gasteiger partial charge in [0.25, 0.3) is 0 Å². The first-order valence-electron chi connectivity index (χ1n) is 13.4. The lowest BCUT2D eigenvalue weighted by atomic mass is 9.70. The molecule has 2 nitrogen and oxygen atoms in total. The van der Waals surface area contributed by atoms with E-state index in [-0.39, 0.29) is 5.41 Å². The SMILES string of the molecule is CN(Cc1cccc(N(C)C)c1)Cc1ccc2c(c1)-c1ccccc1C21c2ccccc2-c2ccccc21. The molecule has 5 aromatic rings. The van der Waals surface area contributed by atoms with Gasteiger partial charge in [0.05, 0.1) is 5.41 Å².